The molecule has 0 aromatic carbocycles. The van der Waals surface area contributed by atoms with Crippen LogP contribution in [0, 0.1) is 5.82 Å². The molecule has 0 atom stereocenters. The number of alkyl carbamates (subject to hydrolysis) is 1. The fourth-order valence-electron chi connectivity index (χ4n) is 1.88. The Balaban J connectivity index is 1.79. The van der Waals surface area contributed by atoms with Crippen LogP contribution in [0.4, 0.5) is 9.18 Å². The van der Waals surface area contributed by atoms with Gasteiger partial charge in [-0.2, -0.15) is 0 Å². The first kappa shape index (κ1) is 19.3. The van der Waals surface area contributed by atoms with E-state index in [0.29, 0.717) is 6.54 Å². The zero-order valence-electron chi connectivity index (χ0n) is 14.8. The molecule has 0 aliphatic heterocycles. The molecule has 0 saturated heterocycles. The number of nitrogens with one attached hydrogen (secondary N) is 2. The van der Waals surface area contributed by atoms with Gasteiger partial charge in [0.15, 0.2) is 0 Å². The lowest BCUT2D eigenvalue weighted by molar-refractivity contribution is 0.0525. The first-order valence-electron chi connectivity index (χ1n) is 7.98. The number of carbonyl (C=O) groups is 2. The van der Waals surface area contributed by atoms with Crippen LogP contribution in [0.3, 0.4) is 0 Å². The number of amides is 2. The molecule has 0 unspecified atom stereocenters. The van der Waals surface area contributed by atoms with Gasteiger partial charge in [-0.25, -0.2) is 14.2 Å². The molecular weight excluding hydrogens is 343 g/mol. The molecule has 0 aliphatic carbocycles. The molecule has 0 radical (unpaired) electrons. The normalized spacial score (nSPS) is 11.1. The molecule has 140 valence electrons. The highest BCUT2D eigenvalue weighted by atomic mass is 19.1. The molecule has 26 heavy (non-hydrogen) atoms. The molecule has 2 rings (SSSR count). The van der Waals surface area contributed by atoms with Crippen molar-refractivity contribution in [2.75, 3.05) is 6.54 Å². The molecule has 0 fully saturated rings. The van der Waals surface area contributed by atoms with E-state index in [1.54, 1.807) is 20.8 Å². The summed E-state index contributed by atoms with van der Waals surface area (Å²) < 4.78 is 20.0. The molecule has 0 spiro atoms. The lowest BCUT2D eigenvalue weighted by atomic mass is 10.2. The minimum absolute atomic E-state index is 0.0568. The van der Waals surface area contributed by atoms with Crippen molar-refractivity contribution in [3.63, 3.8) is 0 Å². The molecule has 2 aromatic rings. The smallest absolute Gasteiger partial charge is 0.407 e. The summed E-state index contributed by atoms with van der Waals surface area (Å²) in [6, 6.07) is 2.73. The van der Waals surface area contributed by atoms with Gasteiger partial charge < -0.3 is 15.4 Å². The molecule has 2 amide bonds. The van der Waals surface area contributed by atoms with E-state index < -0.39 is 23.4 Å². The summed E-state index contributed by atoms with van der Waals surface area (Å²) in [6.45, 7) is 5.82. The van der Waals surface area contributed by atoms with E-state index in [1.165, 1.54) is 29.3 Å². The Labute approximate surface area is 150 Å². The third-order valence-electron chi connectivity index (χ3n) is 3.00. The van der Waals surface area contributed by atoms with Gasteiger partial charge in [0.25, 0.3) is 5.91 Å². The largest absolute Gasteiger partial charge is 0.444 e. The Hall–Kier alpha value is -3.04. The first-order valence-corrected chi connectivity index (χ1v) is 7.98. The maximum absolute atomic E-state index is 13.5. The van der Waals surface area contributed by atoms with Crippen molar-refractivity contribution in [2.24, 2.45) is 0 Å². The van der Waals surface area contributed by atoms with Crippen molar-refractivity contribution in [3.8, 4) is 0 Å². The number of pyridine rings is 1. The van der Waals surface area contributed by atoms with Crippen molar-refractivity contribution >= 4 is 12.0 Å². The summed E-state index contributed by atoms with van der Waals surface area (Å²) in [6.07, 6.45) is 2.27. The second-order valence-electron chi connectivity index (χ2n) is 6.37. The molecule has 10 heteroatoms. The van der Waals surface area contributed by atoms with Crippen LogP contribution in [0.1, 0.15) is 37.1 Å². The van der Waals surface area contributed by atoms with E-state index in [-0.39, 0.29) is 24.6 Å². The van der Waals surface area contributed by atoms with Crippen LogP contribution in [0.25, 0.3) is 0 Å². The Morgan fingerprint density at radius 1 is 1.27 bits per heavy atom. The molecule has 0 aliphatic rings. The van der Waals surface area contributed by atoms with E-state index >= 15 is 0 Å². The summed E-state index contributed by atoms with van der Waals surface area (Å²) >= 11 is 0. The van der Waals surface area contributed by atoms with Crippen LogP contribution >= 0.6 is 0 Å². The Bertz CT molecular complexity index is 771. The lowest BCUT2D eigenvalue weighted by Crippen LogP contribution is -2.34. The summed E-state index contributed by atoms with van der Waals surface area (Å²) in [5, 5.41) is 9.08. The van der Waals surface area contributed by atoms with E-state index in [1.807, 2.05) is 0 Å². The Morgan fingerprint density at radius 3 is 2.73 bits per heavy atom. The van der Waals surface area contributed by atoms with Gasteiger partial charge in [-0.3, -0.25) is 14.5 Å². The van der Waals surface area contributed by atoms with E-state index in [4.69, 9.17) is 4.74 Å². The van der Waals surface area contributed by atoms with Gasteiger partial charge in [0.1, 0.15) is 17.7 Å². The van der Waals surface area contributed by atoms with E-state index in [9.17, 15) is 14.0 Å². The monoisotopic (exact) mass is 364 g/mol. The third kappa shape index (κ3) is 6.11. The Kier molecular flexibility index (Phi) is 6.21. The standard InChI is InChI=1S/C16H21FN6O3/c1-16(2,3)26-15(25)19-7-8-23-10-21-13(22-23)14(24)20-9-12-11(17)5-4-6-18-12/h4-6,10H,7-9H2,1-3H3,(H,19,25)(H,20,24). The average molecular weight is 364 g/mol. The molecule has 9 nitrogen and oxygen atoms in total. The minimum Gasteiger partial charge on any atom is -0.444 e. The van der Waals surface area contributed by atoms with Gasteiger partial charge in [0.2, 0.25) is 5.82 Å². The summed E-state index contributed by atoms with van der Waals surface area (Å²) in [4.78, 5) is 31.3. The van der Waals surface area contributed by atoms with Crippen LogP contribution in [0.2, 0.25) is 0 Å². The van der Waals surface area contributed by atoms with Crippen molar-refractivity contribution in [1.29, 1.82) is 0 Å². The van der Waals surface area contributed by atoms with Crippen molar-refractivity contribution in [1.82, 2.24) is 30.4 Å². The topological polar surface area (TPSA) is 111 Å². The van der Waals surface area contributed by atoms with Gasteiger partial charge in [0, 0.05) is 12.7 Å². The number of aromatic nitrogens is 4. The number of hydrogen-bond donors (Lipinski definition) is 2. The van der Waals surface area contributed by atoms with Crippen LogP contribution in [-0.4, -0.2) is 43.9 Å². The molecule has 0 saturated carbocycles. The van der Waals surface area contributed by atoms with Gasteiger partial charge >= 0.3 is 6.09 Å². The number of hydrogen-bond acceptors (Lipinski definition) is 6. The van der Waals surface area contributed by atoms with Gasteiger partial charge in [-0.15, -0.1) is 5.10 Å². The highest BCUT2D eigenvalue weighted by molar-refractivity contribution is 5.90. The SMILES string of the molecule is CC(C)(C)OC(=O)NCCn1cnc(C(=O)NCc2ncccc2F)n1. The minimum atomic E-state index is -0.574. The second-order valence-corrected chi connectivity index (χ2v) is 6.37. The lowest BCUT2D eigenvalue weighted by Gasteiger charge is -2.19. The fourth-order valence-corrected chi connectivity index (χ4v) is 1.88. The summed E-state index contributed by atoms with van der Waals surface area (Å²) in [5.74, 6) is -1.10. The first-order chi connectivity index (χ1) is 12.2. The molecule has 2 N–H and O–H groups in total. The average Bonchev–Trinajstić information content (AvgIpc) is 3.01. The van der Waals surface area contributed by atoms with Gasteiger partial charge in [-0.1, -0.05) is 0 Å². The predicted molar refractivity (Wildman–Crippen MR) is 89.6 cm³/mol. The van der Waals surface area contributed by atoms with Gasteiger partial charge in [0.05, 0.1) is 18.8 Å². The van der Waals surface area contributed by atoms with E-state index in [2.05, 4.69) is 25.7 Å². The number of rotatable bonds is 6. The van der Waals surface area contributed by atoms with Crippen molar-refractivity contribution < 1.29 is 18.7 Å². The third-order valence-corrected chi connectivity index (χ3v) is 3.00. The molecular formula is C16H21FN6O3. The highest BCUT2D eigenvalue weighted by Crippen LogP contribution is 2.06. The molecule has 2 aromatic heterocycles. The number of ether oxygens (including phenoxy) is 1. The van der Waals surface area contributed by atoms with Crippen molar-refractivity contribution in [2.45, 2.75) is 39.5 Å². The quantitative estimate of drug-likeness (QED) is 0.798. The van der Waals surface area contributed by atoms with Gasteiger partial charge in [-0.05, 0) is 32.9 Å². The van der Waals surface area contributed by atoms with Crippen molar-refractivity contribution in [3.05, 3.63) is 42.0 Å². The zero-order chi connectivity index (χ0) is 19.2. The maximum Gasteiger partial charge on any atom is 0.407 e. The van der Waals surface area contributed by atoms with Crippen LogP contribution < -0.4 is 10.6 Å². The second kappa shape index (κ2) is 8.37. The number of halogens is 1. The van der Waals surface area contributed by atoms with Crippen LogP contribution in [0.5, 0.6) is 0 Å². The van der Waals surface area contributed by atoms with Crippen LogP contribution in [0.15, 0.2) is 24.7 Å². The molecule has 2 heterocycles. The summed E-state index contributed by atoms with van der Waals surface area (Å²) in [5.41, 5.74) is -0.447. The highest BCUT2D eigenvalue weighted by Gasteiger charge is 2.16. The maximum atomic E-state index is 13.5. The molecule has 0 bridgehead atoms. The predicted octanol–water partition coefficient (Wildman–Crippen LogP) is 1.27. The zero-order valence-corrected chi connectivity index (χ0v) is 14.8. The number of carbonyl (C=O) groups excluding carboxylic acids is 2. The number of nitrogens with zero attached hydrogens (tertiary/aromatic N) is 4. The summed E-state index contributed by atoms with van der Waals surface area (Å²) in [7, 11) is 0. The van der Waals surface area contributed by atoms with E-state index in [0.717, 1.165) is 0 Å². The fraction of sp³-hybridized carbons (Fsp3) is 0.438. The Morgan fingerprint density at radius 2 is 2.04 bits per heavy atom. The van der Waals surface area contributed by atoms with Crippen LogP contribution in [-0.2, 0) is 17.8 Å².